The molecule has 2 heterocycles. The van der Waals surface area contributed by atoms with Crippen molar-refractivity contribution >= 4 is 17.0 Å². The normalized spacial score (nSPS) is 11.6. The van der Waals surface area contributed by atoms with Crippen LogP contribution >= 0.6 is 0 Å². The number of pyridine rings is 1. The Balaban J connectivity index is 2.39. The van der Waals surface area contributed by atoms with Gasteiger partial charge in [0, 0.05) is 22.3 Å². The molecule has 0 N–H and O–H groups in total. The van der Waals surface area contributed by atoms with Crippen molar-refractivity contribution in [3.63, 3.8) is 0 Å². The summed E-state index contributed by atoms with van der Waals surface area (Å²) in [5.74, 6) is 0.997. The fourth-order valence-electron chi connectivity index (χ4n) is 3.00. The number of hydrogen-bond acceptors (Lipinski definition) is 1. The van der Waals surface area contributed by atoms with Crippen LogP contribution in [0.5, 0.6) is 0 Å². The number of nitrogens with zero attached hydrogens (tertiary/aromatic N) is 2. The van der Waals surface area contributed by atoms with Gasteiger partial charge in [-0.25, -0.2) is 4.98 Å². The van der Waals surface area contributed by atoms with Gasteiger partial charge in [-0.05, 0) is 51.5 Å². The minimum Gasteiger partial charge on any atom is -0.298 e. The molecule has 0 spiro atoms. The Hall–Kier alpha value is -2.35. The molecular formula is C19H20N2. The van der Waals surface area contributed by atoms with Crippen LogP contribution in [0.15, 0.2) is 42.5 Å². The molecule has 0 atom stereocenters. The fraction of sp³-hybridized carbons (Fsp3) is 0.211. The molecule has 0 saturated carbocycles. The first-order valence-corrected chi connectivity index (χ1v) is 7.30. The molecule has 2 aromatic heterocycles. The van der Waals surface area contributed by atoms with Gasteiger partial charge in [0.15, 0.2) is 0 Å². The highest BCUT2D eigenvalue weighted by Gasteiger charge is 2.14. The summed E-state index contributed by atoms with van der Waals surface area (Å²) >= 11 is 0. The second-order valence-electron chi connectivity index (χ2n) is 5.50. The monoisotopic (exact) mass is 276 g/mol. The zero-order chi connectivity index (χ0) is 15.0. The number of hydrogen-bond donors (Lipinski definition) is 0. The molecule has 0 radical (unpaired) electrons. The molecule has 3 rings (SSSR count). The van der Waals surface area contributed by atoms with Gasteiger partial charge in [-0.15, -0.1) is 0 Å². The van der Waals surface area contributed by atoms with E-state index in [1.807, 2.05) is 6.92 Å². The van der Waals surface area contributed by atoms with Crippen LogP contribution < -0.4 is 0 Å². The second-order valence-corrected chi connectivity index (χ2v) is 5.50. The van der Waals surface area contributed by atoms with Crippen LogP contribution in [0.4, 0.5) is 0 Å². The van der Waals surface area contributed by atoms with Gasteiger partial charge in [0.25, 0.3) is 0 Å². The average molecular weight is 276 g/mol. The zero-order valence-electron chi connectivity index (χ0n) is 13.0. The number of aryl methyl sites for hydroxylation is 2. The van der Waals surface area contributed by atoms with Crippen LogP contribution in [0.1, 0.15) is 29.4 Å². The largest absolute Gasteiger partial charge is 0.298 e. The Kier molecular flexibility index (Phi) is 3.38. The van der Waals surface area contributed by atoms with Crippen LogP contribution in [0.2, 0.25) is 0 Å². The third kappa shape index (κ3) is 2.27. The first-order valence-electron chi connectivity index (χ1n) is 7.30. The molecule has 2 nitrogen and oxygen atoms in total. The summed E-state index contributed by atoms with van der Waals surface area (Å²) in [5.41, 5.74) is 6.00. The number of benzene rings is 1. The third-order valence-corrected chi connectivity index (χ3v) is 3.81. The lowest BCUT2D eigenvalue weighted by molar-refractivity contribution is 0.969. The number of allylic oxidation sites excluding steroid dienone is 1. The summed E-state index contributed by atoms with van der Waals surface area (Å²) in [6, 6.07) is 12.8. The van der Waals surface area contributed by atoms with Gasteiger partial charge in [0.2, 0.25) is 0 Å². The lowest BCUT2D eigenvalue weighted by Gasteiger charge is -2.09. The molecule has 0 amide bonds. The van der Waals surface area contributed by atoms with Gasteiger partial charge >= 0.3 is 0 Å². The maximum absolute atomic E-state index is 4.73. The molecule has 0 unspecified atom stereocenters. The number of fused-ring (bicyclic) bond motifs is 1. The minimum absolute atomic E-state index is 0.997. The van der Waals surface area contributed by atoms with E-state index in [2.05, 4.69) is 73.9 Å². The fourth-order valence-corrected chi connectivity index (χ4v) is 3.00. The first kappa shape index (κ1) is 13.6. The van der Waals surface area contributed by atoms with E-state index in [1.165, 1.54) is 27.7 Å². The van der Waals surface area contributed by atoms with Gasteiger partial charge in [0.05, 0.1) is 5.52 Å². The quantitative estimate of drug-likeness (QED) is 0.645. The van der Waals surface area contributed by atoms with E-state index >= 15 is 0 Å². The van der Waals surface area contributed by atoms with Crippen LogP contribution in [0.3, 0.4) is 0 Å². The van der Waals surface area contributed by atoms with Crippen LogP contribution in [0.25, 0.3) is 22.8 Å². The summed E-state index contributed by atoms with van der Waals surface area (Å²) in [7, 11) is 0. The third-order valence-electron chi connectivity index (χ3n) is 3.81. The number of para-hydroxylation sites is 1. The average Bonchev–Trinajstić information content (AvgIpc) is 2.71. The molecular weight excluding hydrogens is 256 g/mol. The molecule has 2 heteroatoms. The van der Waals surface area contributed by atoms with E-state index in [4.69, 9.17) is 4.98 Å². The minimum atomic E-state index is 0.997. The van der Waals surface area contributed by atoms with E-state index in [9.17, 15) is 0 Å². The summed E-state index contributed by atoms with van der Waals surface area (Å²) < 4.78 is 2.25. The van der Waals surface area contributed by atoms with E-state index in [0.29, 0.717) is 0 Å². The van der Waals surface area contributed by atoms with Crippen LogP contribution in [-0.2, 0) is 0 Å². The Bertz CT molecular complexity index is 818. The predicted molar refractivity (Wildman–Crippen MR) is 90.0 cm³/mol. The SMILES string of the molecule is C/C=C\c1c(C)n(-c2cc(C)cc(C)n2)c2ccccc12. The lowest BCUT2D eigenvalue weighted by atomic mass is 10.1. The molecule has 0 aliphatic heterocycles. The molecule has 3 aromatic rings. The van der Waals surface area contributed by atoms with Gasteiger partial charge in [0.1, 0.15) is 5.82 Å². The van der Waals surface area contributed by atoms with Crippen molar-refractivity contribution in [2.45, 2.75) is 27.7 Å². The van der Waals surface area contributed by atoms with E-state index in [1.54, 1.807) is 0 Å². The molecule has 0 fully saturated rings. The molecule has 1 aromatic carbocycles. The highest BCUT2D eigenvalue weighted by atomic mass is 15.1. The maximum atomic E-state index is 4.73. The summed E-state index contributed by atoms with van der Waals surface area (Å²) in [6.07, 6.45) is 4.27. The van der Waals surface area contributed by atoms with E-state index in [-0.39, 0.29) is 0 Å². The van der Waals surface area contributed by atoms with Crippen molar-refractivity contribution in [1.82, 2.24) is 9.55 Å². The van der Waals surface area contributed by atoms with Gasteiger partial charge in [-0.3, -0.25) is 4.57 Å². The Morgan fingerprint density at radius 1 is 1.05 bits per heavy atom. The summed E-state index contributed by atoms with van der Waals surface area (Å²) in [5, 5.41) is 1.27. The molecule has 0 saturated heterocycles. The number of rotatable bonds is 2. The molecule has 106 valence electrons. The summed E-state index contributed by atoms with van der Waals surface area (Å²) in [4.78, 5) is 4.73. The van der Waals surface area contributed by atoms with Gasteiger partial charge in [-0.2, -0.15) is 0 Å². The standard InChI is InChI=1S/C19H20N2/c1-5-8-16-15(4)21(18-10-7-6-9-17(16)18)19-12-13(2)11-14(3)20-19/h5-12H,1-4H3/b8-5-. The zero-order valence-corrected chi connectivity index (χ0v) is 13.0. The Morgan fingerprint density at radius 2 is 1.81 bits per heavy atom. The maximum Gasteiger partial charge on any atom is 0.137 e. The molecule has 0 bridgehead atoms. The summed E-state index contributed by atoms with van der Waals surface area (Å²) in [6.45, 7) is 8.38. The van der Waals surface area contributed by atoms with E-state index in [0.717, 1.165) is 11.5 Å². The molecule has 0 aliphatic rings. The van der Waals surface area contributed by atoms with Gasteiger partial charge in [-0.1, -0.05) is 30.4 Å². The van der Waals surface area contributed by atoms with Crippen LogP contribution in [-0.4, -0.2) is 9.55 Å². The lowest BCUT2D eigenvalue weighted by Crippen LogP contribution is -2.01. The van der Waals surface area contributed by atoms with E-state index < -0.39 is 0 Å². The van der Waals surface area contributed by atoms with Crippen molar-refractivity contribution < 1.29 is 0 Å². The molecule has 0 aliphatic carbocycles. The Labute approximate surface area is 125 Å². The van der Waals surface area contributed by atoms with Crippen molar-refractivity contribution in [3.8, 4) is 5.82 Å². The van der Waals surface area contributed by atoms with Crippen molar-refractivity contribution in [2.75, 3.05) is 0 Å². The smallest absolute Gasteiger partial charge is 0.137 e. The predicted octanol–water partition coefficient (Wildman–Crippen LogP) is 4.98. The van der Waals surface area contributed by atoms with Gasteiger partial charge < -0.3 is 0 Å². The Morgan fingerprint density at radius 3 is 2.52 bits per heavy atom. The van der Waals surface area contributed by atoms with Crippen molar-refractivity contribution in [3.05, 3.63) is 65.0 Å². The molecule has 21 heavy (non-hydrogen) atoms. The highest BCUT2D eigenvalue weighted by Crippen LogP contribution is 2.29. The highest BCUT2D eigenvalue weighted by molar-refractivity contribution is 5.92. The number of aromatic nitrogens is 2. The second kappa shape index (κ2) is 5.21. The van der Waals surface area contributed by atoms with Crippen molar-refractivity contribution in [2.24, 2.45) is 0 Å². The topological polar surface area (TPSA) is 17.8 Å². The first-order chi connectivity index (χ1) is 10.1. The van der Waals surface area contributed by atoms with Crippen molar-refractivity contribution in [1.29, 1.82) is 0 Å². The van der Waals surface area contributed by atoms with Crippen LogP contribution in [0, 0.1) is 20.8 Å².